The van der Waals surface area contributed by atoms with Crippen molar-refractivity contribution in [2.24, 2.45) is 0 Å². The van der Waals surface area contributed by atoms with Gasteiger partial charge >= 0.3 is 12.2 Å². The van der Waals surface area contributed by atoms with Crippen LogP contribution >= 0.6 is 0 Å². The van der Waals surface area contributed by atoms with Crippen LogP contribution in [0.25, 0.3) is 0 Å². The lowest BCUT2D eigenvalue weighted by Crippen LogP contribution is -2.62. The molecule has 0 atom stereocenters. The highest BCUT2D eigenvalue weighted by molar-refractivity contribution is 5.73. The molecule has 0 spiro atoms. The summed E-state index contributed by atoms with van der Waals surface area (Å²) in [6.07, 6.45) is 108. The van der Waals surface area contributed by atoms with Crippen LogP contribution in [-0.2, 0) is 5.66 Å². The molecule has 105 heavy (non-hydrogen) atoms. The molecule has 2 aromatic rings. The van der Waals surface area contributed by atoms with E-state index in [4.69, 9.17) is 0 Å². The van der Waals surface area contributed by atoms with E-state index in [1.807, 2.05) is 60.7 Å². The van der Waals surface area contributed by atoms with E-state index in [0.717, 1.165) is 38.5 Å². The predicted octanol–water partition coefficient (Wildman–Crippen LogP) is 35.1. The van der Waals surface area contributed by atoms with Crippen molar-refractivity contribution in [3.8, 4) is 0 Å². The van der Waals surface area contributed by atoms with Gasteiger partial charge in [0.15, 0.2) is 5.66 Å². The Kier molecular flexibility index (Phi) is 73.8. The number of carbonyl (C=O) groups is 2. The first-order valence-corrected chi connectivity index (χ1v) is 48.1. The van der Waals surface area contributed by atoms with E-state index in [0.29, 0.717) is 24.0 Å². The van der Waals surface area contributed by atoms with Crippen LogP contribution in [0.5, 0.6) is 0 Å². The van der Waals surface area contributed by atoms with Crippen molar-refractivity contribution >= 4 is 12.2 Å². The Hall–Kier alpha value is -3.02. The van der Waals surface area contributed by atoms with Crippen molar-refractivity contribution in [1.82, 2.24) is 9.80 Å². The number of nitrogens with zero attached hydrogens (tertiary/aromatic N) is 2. The fourth-order valence-electron chi connectivity index (χ4n) is 17.2. The van der Waals surface area contributed by atoms with E-state index in [9.17, 15) is 19.8 Å². The highest BCUT2D eigenvalue weighted by Gasteiger charge is 2.50. The van der Waals surface area contributed by atoms with Crippen LogP contribution in [0, 0.1) is 0 Å². The fraction of sp³-hybridized carbons (Fsp3) is 0.859. The van der Waals surface area contributed by atoms with Crippen molar-refractivity contribution in [3.63, 3.8) is 0 Å². The van der Waals surface area contributed by atoms with Gasteiger partial charge in [0.05, 0.1) is 0 Å². The van der Waals surface area contributed by atoms with Crippen LogP contribution in [0.1, 0.15) is 539 Å². The summed E-state index contributed by atoms with van der Waals surface area (Å²) in [6.45, 7) is 5.15. The predicted molar refractivity (Wildman–Crippen MR) is 464 cm³/mol. The SMILES string of the molecule is CCCCCCCCCCCCCCCCCCCCCCCCCCCCCCCCCCCCCCCCCCN(C(=O)O)C(c1ccccc1)(c1ccccc1)N(CCCCCCCCCCCCCCCCCCCCCCCCCCCCCCCCCCCCCCCCCC)C(=O)O. The minimum absolute atomic E-state index is 0.266. The summed E-state index contributed by atoms with van der Waals surface area (Å²) in [7, 11) is 0. The van der Waals surface area contributed by atoms with E-state index in [-0.39, 0.29) is 13.1 Å². The van der Waals surface area contributed by atoms with Gasteiger partial charge in [-0.3, -0.25) is 9.80 Å². The summed E-state index contributed by atoms with van der Waals surface area (Å²) in [6, 6.07) is 19.1. The van der Waals surface area contributed by atoms with E-state index >= 15 is 0 Å². The van der Waals surface area contributed by atoms with Crippen molar-refractivity contribution < 1.29 is 19.8 Å². The van der Waals surface area contributed by atoms with E-state index in [1.54, 1.807) is 0 Å². The van der Waals surface area contributed by atoms with Crippen LogP contribution in [-0.4, -0.2) is 45.3 Å². The Bertz CT molecular complexity index is 1880. The number of hydrogen-bond donors (Lipinski definition) is 2. The molecule has 0 aromatic heterocycles. The molecular weight excluding hydrogens is 1280 g/mol. The first kappa shape index (κ1) is 98.1. The van der Waals surface area contributed by atoms with Gasteiger partial charge in [0.25, 0.3) is 0 Å². The normalized spacial score (nSPS) is 11.8. The molecule has 6 heteroatoms. The van der Waals surface area contributed by atoms with Gasteiger partial charge in [0, 0.05) is 24.2 Å². The van der Waals surface area contributed by atoms with Crippen LogP contribution < -0.4 is 0 Å². The Labute approximate surface area is 656 Å². The lowest BCUT2D eigenvalue weighted by molar-refractivity contribution is -0.0128. The number of rotatable bonds is 86. The average Bonchev–Trinajstić information content (AvgIpc) is 0.736. The fourth-order valence-corrected chi connectivity index (χ4v) is 17.2. The number of hydrogen-bond acceptors (Lipinski definition) is 2. The molecule has 2 N–H and O–H groups in total. The van der Waals surface area contributed by atoms with E-state index in [1.165, 1.54) is 472 Å². The molecule has 0 bridgehead atoms. The van der Waals surface area contributed by atoms with Crippen molar-refractivity contribution in [2.75, 3.05) is 13.1 Å². The molecule has 0 radical (unpaired) electrons. The minimum Gasteiger partial charge on any atom is -0.465 e. The molecule has 0 saturated carbocycles. The summed E-state index contributed by atoms with van der Waals surface area (Å²) in [5, 5.41) is 22.2. The molecule has 612 valence electrons. The molecule has 2 amide bonds. The Morgan fingerprint density at radius 2 is 0.314 bits per heavy atom. The Morgan fingerprint density at radius 3 is 0.429 bits per heavy atom. The maximum atomic E-state index is 13.6. The molecule has 0 fully saturated rings. The molecule has 0 unspecified atom stereocenters. The van der Waals surface area contributed by atoms with Crippen LogP contribution in [0.3, 0.4) is 0 Å². The highest BCUT2D eigenvalue weighted by atomic mass is 16.4. The van der Waals surface area contributed by atoms with Crippen molar-refractivity contribution in [3.05, 3.63) is 71.8 Å². The maximum Gasteiger partial charge on any atom is 0.409 e. The molecule has 6 nitrogen and oxygen atoms in total. The highest BCUT2D eigenvalue weighted by Crippen LogP contribution is 2.41. The monoisotopic (exact) mass is 1460 g/mol. The first-order chi connectivity index (χ1) is 52.0. The summed E-state index contributed by atoms with van der Waals surface area (Å²) < 4.78 is 0. The second-order valence-corrected chi connectivity index (χ2v) is 33.8. The third-order valence-corrected chi connectivity index (χ3v) is 24.1. The van der Waals surface area contributed by atoms with Gasteiger partial charge in [0.2, 0.25) is 0 Å². The zero-order valence-electron chi connectivity index (χ0n) is 70.9. The third kappa shape index (κ3) is 59.5. The smallest absolute Gasteiger partial charge is 0.409 e. The van der Waals surface area contributed by atoms with E-state index in [2.05, 4.69) is 13.8 Å². The number of unbranched alkanes of at least 4 members (excludes halogenated alkanes) is 78. The summed E-state index contributed by atoms with van der Waals surface area (Å²) >= 11 is 0. The van der Waals surface area contributed by atoms with Gasteiger partial charge in [-0.25, -0.2) is 9.59 Å². The first-order valence-electron chi connectivity index (χ1n) is 48.1. The second-order valence-electron chi connectivity index (χ2n) is 33.8. The molecular formula is C99H182N2O4. The van der Waals surface area contributed by atoms with Gasteiger partial charge < -0.3 is 10.2 Å². The lowest BCUT2D eigenvalue weighted by atomic mass is 9.87. The van der Waals surface area contributed by atoms with Crippen LogP contribution in [0.2, 0.25) is 0 Å². The maximum absolute atomic E-state index is 13.6. The quantitative estimate of drug-likeness (QED) is 0.0511. The van der Waals surface area contributed by atoms with E-state index < -0.39 is 17.8 Å². The molecule has 0 saturated heterocycles. The second kappa shape index (κ2) is 79.1. The topological polar surface area (TPSA) is 81.1 Å². The molecule has 0 aliphatic carbocycles. The zero-order valence-corrected chi connectivity index (χ0v) is 70.9. The van der Waals surface area contributed by atoms with Gasteiger partial charge in [-0.15, -0.1) is 0 Å². The zero-order chi connectivity index (χ0) is 75.0. The Morgan fingerprint density at radius 1 is 0.200 bits per heavy atom. The third-order valence-electron chi connectivity index (χ3n) is 24.1. The number of amides is 2. The molecule has 0 heterocycles. The molecule has 0 aliphatic heterocycles. The molecule has 0 aliphatic rings. The lowest BCUT2D eigenvalue weighted by Gasteiger charge is -2.49. The van der Waals surface area contributed by atoms with Gasteiger partial charge in [-0.05, 0) is 12.8 Å². The summed E-state index contributed by atoms with van der Waals surface area (Å²) in [4.78, 5) is 30.1. The van der Waals surface area contributed by atoms with Crippen molar-refractivity contribution in [1.29, 1.82) is 0 Å². The molecule has 2 rings (SSSR count). The number of carboxylic acid groups (broad SMARTS) is 2. The Balaban J connectivity index is 1.45. The van der Waals surface area contributed by atoms with Gasteiger partial charge in [-0.1, -0.05) is 575 Å². The van der Waals surface area contributed by atoms with Crippen LogP contribution in [0.15, 0.2) is 60.7 Å². The van der Waals surface area contributed by atoms with Crippen molar-refractivity contribution in [2.45, 2.75) is 533 Å². The summed E-state index contributed by atoms with van der Waals surface area (Å²) in [5.74, 6) is 0. The standard InChI is InChI=1S/C99H182N2O4/c1-3-5-7-9-11-13-15-17-19-21-23-25-27-29-31-33-35-37-39-41-43-45-47-49-51-53-55-57-59-61-63-65-67-69-71-73-75-77-79-87-93-100(97(102)103)99(95-89-83-81-84-90-95,96-91-85-82-86-92-96)101(98(104)105)94-88-80-78-76-74-72-70-68-66-64-62-60-58-56-54-52-50-48-46-44-42-40-38-36-34-32-30-28-26-24-22-20-18-16-14-12-10-8-6-4-2/h81-86,89-92H,3-80,87-88,93-94H2,1-2H3,(H,102,103)(H,104,105). The minimum atomic E-state index is -1.51. The average molecular weight is 1460 g/mol. The van der Waals surface area contributed by atoms with Gasteiger partial charge in [-0.2, -0.15) is 0 Å². The van der Waals surface area contributed by atoms with Gasteiger partial charge in [0.1, 0.15) is 0 Å². The largest absolute Gasteiger partial charge is 0.465 e. The molecule has 2 aromatic carbocycles. The van der Waals surface area contributed by atoms with Crippen LogP contribution in [0.4, 0.5) is 9.59 Å². The summed E-state index contributed by atoms with van der Waals surface area (Å²) in [5.41, 5.74) is -0.164. The number of benzene rings is 2.